The van der Waals surface area contributed by atoms with Gasteiger partial charge in [-0.1, -0.05) is 106 Å². The summed E-state index contributed by atoms with van der Waals surface area (Å²) in [7, 11) is 1.61. The third-order valence-corrected chi connectivity index (χ3v) is 8.25. The average Bonchev–Trinajstić information content (AvgIpc) is 3.04. The zero-order valence-electron chi connectivity index (χ0n) is 31.6. The van der Waals surface area contributed by atoms with Crippen molar-refractivity contribution in [3.8, 4) is 0 Å². The molecule has 0 aromatic carbocycles. The Hall–Kier alpha value is -2.06. The molecule has 0 aliphatic heterocycles. The van der Waals surface area contributed by atoms with Crippen molar-refractivity contribution in [2.24, 2.45) is 0 Å². The highest BCUT2D eigenvalue weighted by molar-refractivity contribution is 7.47. The number of nitrogens with zero attached hydrogens (tertiary/aromatic N) is 1. The number of hydrogen-bond donors (Lipinski definition) is 1. The van der Waals surface area contributed by atoms with Gasteiger partial charge in [-0.3, -0.25) is 13.8 Å². The lowest BCUT2D eigenvalue weighted by atomic mass is 10.1. The number of carbonyl (C=O) groups excluding carboxylic acids is 1. The summed E-state index contributed by atoms with van der Waals surface area (Å²) in [4.78, 5) is 22.7. The van der Waals surface area contributed by atoms with E-state index in [0.717, 1.165) is 96.3 Å². The van der Waals surface area contributed by atoms with Gasteiger partial charge in [0.25, 0.3) is 0 Å². The Bertz CT molecular complexity index is 1010. The van der Waals surface area contributed by atoms with Gasteiger partial charge in [0, 0.05) is 13.0 Å². The molecule has 0 spiro atoms. The van der Waals surface area contributed by atoms with Crippen LogP contribution in [0.25, 0.3) is 0 Å². The van der Waals surface area contributed by atoms with Gasteiger partial charge in [-0.15, -0.1) is 0 Å². The second kappa shape index (κ2) is 33.1. The highest BCUT2D eigenvalue weighted by Gasteiger charge is 2.26. The zero-order valence-corrected chi connectivity index (χ0v) is 32.5. The summed E-state index contributed by atoms with van der Waals surface area (Å²) in [6.45, 7) is 5.25. The normalized spacial score (nSPS) is 14.8. The molecule has 0 rings (SSSR count). The van der Waals surface area contributed by atoms with Gasteiger partial charge >= 0.3 is 13.8 Å². The summed E-state index contributed by atoms with van der Waals surface area (Å²) in [5.41, 5.74) is 0. The van der Waals surface area contributed by atoms with Crippen molar-refractivity contribution in [3.63, 3.8) is 0 Å². The van der Waals surface area contributed by atoms with Gasteiger partial charge in [-0.05, 0) is 77.0 Å². The van der Waals surface area contributed by atoms with E-state index in [2.05, 4.69) is 86.8 Å². The van der Waals surface area contributed by atoms with Crippen LogP contribution >= 0.6 is 7.82 Å². The number of ether oxygens (including phenoxy) is 2. The van der Waals surface area contributed by atoms with Crippen LogP contribution in [-0.4, -0.2) is 75.6 Å². The summed E-state index contributed by atoms with van der Waals surface area (Å²) in [6, 6.07) is 0. The third-order valence-electron chi connectivity index (χ3n) is 7.26. The van der Waals surface area contributed by atoms with Gasteiger partial charge in [-0.25, -0.2) is 4.57 Å². The van der Waals surface area contributed by atoms with E-state index in [-0.39, 0.29) is 32.2 Å². The molecule has 0 saturated carbocycles. The van der Waals surface area contributed by atoms with Crippen molar-refractivity contribution in [2.75, 3.05) is 54.1 Å². The van der Waals surface area contributed by atoms with E-state index >= 15 is 0 Å². The number of unbranched alkanes of at least 4 members (excludes halogenated alkanes) is 7. The van der Waals surface area contributed by atoms with Crippen LogP contribution in [0.3, 0.4) is 0 Å². The lowest BCUT2D eigenvalue weighted by Crippen LogP contribution is -2.37. The molecule has 282 valence electrons. The number of likely N-dealkylation sites (N-methyl/N-ethyl adjacent to an activating group) is 1. The monoisotopic (exact) mass is 708 g/mol. The molecule has 9 heteroatoms. The Kier molecular flexibility index (Phi) is 31.7. The summed E-state index contributed by atoms with van der Waals surface area (Å²) >= 11 is 0. The maximum absolute atomic E-state index is 12.6. The fourth-order valence-corrected chi connectivity index (χ4v) is 5.14. The number of phosphoric ester groups is 1. The Morgan fingerprint density at radius 2 is 1.12 bits per heavy atom. The van der Waals surface area contributed by atoms with E-state index in [1.165, 1.54) is 0 Å². The topological polar surface area (TPSA) is 91.3 Å². The maximum atomic E-state index is 12.6. The highest BCUT2D eigenvalue weighted by atomic mass is 31.2. The van der Waals surface area contributed by atoms with Crippen molar-refractivity contribution in [2.45, 2.75) is 123 Å². The fraction of sp³-hybridized carbons (Fsp3) is 0.675. The van der Waals surface area contributed by atoms with Gasteiger partial charge in [0.1, 0.15) is 19.3 Å². The minimum atomic E-state index is -4.29. The molecule has 0 radical (unpaired) electrons. The molecule has 0 aliphatic rings. The second-order valence-electron chi connectivity index (χ2n) is 13.2. The van der Waals surface area contributed by atoms with Gasteiger partial charge in [0.05, 0.1) is 34.4 Å². The van der Waals surface area contributed by atoms with Gasteiger partial charge in [-0.2, -0.15) is 0 Å². The molecule has 0 aliphatic carbocycles. The van der Waals surface area contributed by atoms with Crippen LogP contribution in [0.1, 0.15) is 117 Å². The van der Waals surface area contributed by atoms with E-state index in [4.69, 9.17) is 18.5 Å². The van der Waals surface area contributed by atoms with Crippen molar-refractivity contribution < 1.29 is 37.3 Å². The van der Waals surface area contributed by atoms with Gasteiger partial charge in [0.15, 0.2) is 0 Å². The summed E-state index contributed by atoms with van der Waals surface area (Å²) in [5.74, 6) is -0.356. The number of carbonyl (C=O) groups is 1. The predicted molar refractivity (Wildman–Crippen MR) is 205 cm³/mol. The van der Waals surface area contributed by atoms with Crippen LogP contribution in [0.4, 0.5) is 0 Å². The number of esters is 1. The third kappa shape index (κ3) is 37.0. The molecule has 0 aromatic rings. The van der Waals surface area contributed by atoms with E-state index < -0.39 is 13.9 Å². The van der Waals surface area contributed by atoms with Crippen LogP contribution in [-0.2, 0) is 27.9 Å². The van der Waals surface area contributed by atoms with Gasteiger partial charge < -0.3 is 18.9 Å². The largest absolute Gasteiger partial charge is 0.472 e. The molecule has 8 nitrogen and oxygen atoms in total. The molecule has 0 bridgehead atoms. The first-order valence-corrected chi connectivity index (χ1v) is 20.2. The fourth-order valence-electron chi connectivity index (χ4n) is 4.40. The average molecular weight is 709 g/mol. The van der Waals surface area contributed by atoms with E-state index in [1.807, 2.05) is 21.1 Å². The van der Waals surface area contributed by atoms with E-state index in [1.54, 1.807) is 0 Å². The molecule has 0 aromatic heterocycles. The van der Waals surface area contributed by atoms with Crippen LogP contribution < -0.4 is 0 Å². The van der Waals surface area contributed by atoms with Crippen molar-refractivity contribution in [1.82, 2.24) is 0 Å². The van der Waals surface area contributed by atoms with E-state index in [0.29, 0.717) is 17.6 Å². The molecule has 1 N–H and O–H groups in total. The number of hydrogen-bond acceptors (Lipinski definition) is 6. The minimum Gasteiger partial charge on any atom is -0.457 e. The Labute approximate surface area is 300 Å². The van der Waals surface area contributed by atoms with Crippen molar-refractivity contribution >= 4 is 13.8 Å². The Balaban J connectivity index is 4.43. The van der Waals surface area contributed by atoms with Crippen LogP contribution in [0, 0.1) is 0 Å². The zero-order chi connectivity index (χ0) is 36.3. The molecular weight excluding hydrogens is 637 g/mol. The predicted octanol–water partition coefficient (Wildman–Crippen LogP) is 10.4. The molecule has 0 heterocycles. The lowest BCUT2D eigenvalue weighted by molar-refractivity contribution is -0.870. The number of rotatable bonds is 33. The Morgan fingerprint density at radius 3 is 1.65 bits per heavy atom. The molecule has 2 atom stereocenters. The minimum absolute atomic E-state index is 0.0740. The molecular formula is C40H71NO7P+. The molecule has 0 saturated heterocycles. The summed E-state index contributed by atoms with van der Waals surface area (Å²) in [5, 5.41) is 0. The smallest absolute Gasteiger partial charge is 0.457 e. The molecule has 0 fully saturated rings. The maximum Gasteiger partial charge on any atom is 0.472 e. The first-order valence-electron chi connectivity index (χ1n) is 18.7. The number of allylic oxidation sites excluding steroid dienone is 12. The van der Waals surface area contributed by atoms with Gasteiger partial charge in [0.2, 0.25) is 0 Å². The first-order chi connectivity index (χ1) is 23.6. The first kappa shape index (κ1) is 46.9. The van der Waals surface area contributed by atoms with Crippen molar-refractivity contribution in [3.05, 3.63) is 72.9 Å². The SMILES string of the molecule is CC/C=C\C/C=C\C/C=C\CCCCCCOCC(COP(=O)(O)OCC[N+](C)(C)C)OC(=O)CCCCC/C=C\C/C=C\C/C=C\CC. The van der Waals surface area contributed by atoms with Crippen LogP contribution in [0.15, 0.2) is 72.9 Å². The quantitative estimate of drug-likeness (QED) is 0.0239. The number of phosphoric acid groups is 1. The summed E-state index contributed by atoms with van der Waals surface area (Å²) < 4.78 is 34.8. The Morgan fingerprint density at radius 1 is 0.633 bits per heavy atom. The highest BCUT2D eigenvalue weighted by Crippen LogP contribution is 2.43. The van der Waals surface area contributed by atoms with Crippen molar-refractivity contribution in [1.29, 1.82) is 0 Å². The van der Waals surface area contributed by atoms with Crippen LogP contribution in [0.2, 0.25) is 0 Å². The summed E-state index contributed by atoms with van der Waals surface area (Å²) in [6.07, 6.45) is 40.8. The van der Waals surface area contributed by atoms with Crippen LogP contribution in [0.5, 0.6) is 0 Å². The molecule has 49 heavy (non-hydrogen) atoms. The molecule has 0 amide bonds. The second-order valence-corrected chi connectivity index (χ2v) is 14.6. The number of quaternary nitrogens is 1. The van der Waals surface area contributed by atoms with E-state index in [9.17, 15) is 14.3 Å². The lowest BCUT2D eigenvalue weighted by Gasteiger charge is -2.24. The molecule has 2 unspecified atom stereocenters. The standard InChI is InChI=1S/C40H70NO7P/c1-6-8-10-12-14-16-18-20-22-24-26-28-30-32-35-45-37-39(38-47-49(43,44)46-36-34-41(3,4)5)48-40(42)33-31-29-27-25-23-21-19-17-15-13-11-9-7-2/h8-11,14-17,20-23,39H,6-7,12-13,18-19,24-38H2,1-5H3/p+1/b10-8-,11-9-,16-14-,17-15-,22-20-,23-21-.